The summed E-state index contributed by atoms with van der Waals surface area (Å²) in [4.78, 5) is 18.8. The van der Waals surface area contributed by atoms with Gasteiger partial charge in [0, 0.05) is 19.4 Å². The fourth-order valence-corrected chi connectivity index (χ4v) is 3.87. The van der Waals surface area contributed by atoms with E-state index in [9.17, 15) is 9.90 Å². The summed E-state index contributed by atoms with van der Waals surface area (Å²) in [6.45, 7) is 0.858. The molecule has 1 aromatic heterocycles. The molecular formula is C16H20N2O2S. The number of likely N-dealkylation sites (tertiary alicyclic amines) is 1. The van der Waals surface area contributed by atoms with Crippen LogP contribution in [-0.2, 0) is 11.2 Å². The highest BCUT2D eigenvalue weighted by atomic mass is 32.1. The minimum atomic E-state index is 0.0154. The van der Waals surface area contributed by atoms with Gasteiger partial charge in [-0.3, -0.25) is 4.79 Å². The molecule has 21 heavy (non-hydrogen) atoms. The number of aliphatic hydroxyl groups excluding tert-OH is 1. The van der Waals surface area contributed by atoms with Gasteiger partial charge in [-0.05, 0) is 31.4 Å². The molecule has 1 N–H and O–H groups in total. The lowest BCUT2D eigenvalue weighted by Crippen LogP contribution is -2.45. The number of thiazole rings is 1. The number of hydrogen-bond donors (Lipinski definition) is 1. The molecule has 0 spiro atoms. The second-order valence-corrected chi connectivity index (χ2v) is 6.61. The molecule has 1 aromatic carbocycles. The predicted octanol–water partition coefficient (Wildman–Crippen LogP) is 2.60. The van der Waals surface area contributed by atoms with Crippen LogP contribution in [0.15, 0.2) is 24.3 Å². The third kappa shape index (κ3) is 3.24. The molecule has 3 rings (SSSR count). The highest BCUT2D eigenvalue weighted by Crippen LogP contribution is 2.23. The first kappa shape index (κ1) is 14.5. The predicted molar refractivity (Wildman–Crippen MR) is 84.4 cm³/mol. The number of nitrogens with zero attached hydrogens (tertiary/aromatic N) is 2. The van der Waals surface area contributed by atoms with Crippen LogP contribution in [0.25, 0.3) is 10.2 Å². The Labute approximate surface area is 128 Å². The third-order valence-electron chi connectivity index (χ3n) is 4.05. The lowest BCUT2D eigenvalue weighted by Gasteiger charge is -2.34. The first-order valence-electron chi connectivity index (χ1n) is 7.52. The van der Waals surface area contributed by atoms with Crippen molar-refractivity contribution >= 4 is 27.5 Å². The number of benzene rings is 1. The highest BCUT2D eigenvalue weighted by molar-refractivity contribution is 7.18. The lowest BCUT2D eigenvalue weighted by molar-refractivity contribution is -0.135. The molecule has 1 atom stereocenters. The summed E-state index contributed by atoms with van der Waals surface area (Å²) in [5.74, 6) is 0.146. The van der Waals surface area contributed by atoms with Gasteiger partial charge in [0.1, 0.15) is 0 Å². The van der Waals surface area contributed by atoms with E-state index in [4.69, 9.17) is 0 Å². The Hall–Kier alpha value is -1.46. The molecule has 1 fully saturated rings. The molecule has 112 valence electrons. The van der Waals surface area contributed by atoms with Crippen LogP contribution in [0, 0.1) is 0 Å². The SMILES string of the molecule is O=C(CCc1nc2ccccc2s1)N1CCCCC1CO. The van der Waals surface area contributed by atoms with Gasteiger partial charge in [-0.2, -0.15) is 0 Å². The van der Waals surface area contributed by atoms with Crippen LogP contribution < -0.4 is 0 Å². The van der Waals surface area contributed by atoms with Crippen molar-refractivity contribution in [2.24, 2.45) is 0 Å². The van der Waals surface area contributed by atoms with Crippen molar-refractivity contribution in [1.82, 2.24) is 9.88 Å². The number of aromatic nitrogens is 1. The van der Waals surface area contributed by atoms with Crippen molar-refractivity contribution in [3.8, 4) is 0 Å². The Morgan fingerprint density at radius 3 is 3.05 bits per heavy atom. The summed E-state index contributed by atoms with van der Waals surface area (Å²) in [6, 6.07) is 8.07. The van der Waals surface area contributed by atoms with Gasteiger partial charge in [0.05, 0.1) is 27.9 Å². The lowest BCUT2D eigenvalue weighted by atomic mass is 10.0. The van der Waals surface area contributed by atoms with Crippen LogP contribution in [0.3, 0.4) is 0 Å². The quantitative estimate of drug-likeness (QED) is 0.944. The zero-order valence-corrected chi connectivity index (χ0v) is 12.8. The van der Waals surface area contributed by atoms with E-state index in [0.717, 1.165) is 36.3 Å². The fourth-order valence-electron chi connectivity index (χ4n) is 2.90. The van der Waals surface area contributed by atoms with Crippen LogP contribution >= 0.6 is 11.3 Å². The molecule has 0 aliphatic carbocycles. The van der Waals surface area contributed by atoms with Crippen LogP contribution in [0.5, 0.6) is 0 Å². The topological polar surface area (TPSA) is 53.4 Å². The van der Waals surface area contributed by atoms with E-state index in [1.54, 1.807) is 11.3 Å². The number of fused-ring (bicyclic) bond motifs is 1. The average molecular weight is 304 g/mol. The second-order valence-electron chi connectivity index (χ2n) is 5.49. The number of carbonyl (C=O) groups is 1. The highest BCUT2D eigenvalue weighted by Gasteiger charge is 2.25. The Balaban J connectivity index is 1.62. The largest absolute Gasteiger partial charge is 0.394 e. The number of aliphatic hydroxyl groups is 1. The van der Waals surface area contributed by atoms with Crippen LogP contribution in [0.4, 0.5) is 0 Å². The molecule has 0 radical (unpaired) electrons. The number of aryl methyl sites for hydroxylation is 1. The Kier molecular flexibility index (Phi) is 4.51. The monoisotopic (exact) mass is 304 g/mol. The fraction of sp³-hybridized carbons (Fsp3) is 0.500. The number of carbonyl (C=O) groups excluding carboxylic acids is 1. The first-order valence-corrected chi connectivity index (χ1v) is 8.34. The maximum absolute atomic E-state index is 12.3. The first-order chi connectivity index (χ1) is 10.3. The van der Waals surface area contributed by atoms with Crippen LogP contribution in [0.1, 0.15) is 30.7 Å². The summed E-state index contributed by atoms with van der Waals surface area (Å²) < 4.78 is 1.17. The number of amides is 1. The zero-order chi connectivity index (χ0) is 14.7. The molecule has 5 heteroatoms. The molecule has 1 amide bonds. The second kappa shape index (κ2) is 6.54. The van der Waals surface area contributed by atoms with E-state index in [2.05, 4.69) is 11.1 Å². The Bertz CT molecular complexity index is 593. The molecule has 1 aliphatic rings. The molecular weight excluding hydrogens is 284 g/mol. The van der Waals surface area contributed by atoms with Crippen molar-refractivity contribution in [3.05, 3.63) is 29.3 Å². The number of piperidine rings is 1. The minimum Gasteiger partial charge on any atom is -0.394 e. The van der Waals surface area contributed by atoms with Gasteiger partial charge in [-0.1, -0.05) is 12.1 Å². The molecule has 2 heterocycles. The molecule has 0 saturated carbocycles. The van der Waals surface area contributed by atoms with E-state index in [-0.39, 0.29) is 18.6 Å². The summed E-state index contributed by atoms with van der Waals surface area (Å²) in [7, 11) is 0. The summed E-state index contributed by atoms with van der Waals surface area (Å²) in [6.07, 6.45) is 4.24. The molecule has 1 unspecified atom stereocenters. The molecule has 2 aromatic rings. The van der Waals surface area contributed by atoms with Crippen molar-refractivity contribution < 1.29 is 9.90 Å². The smallest absolute Gasteiger partial charge is 0.223 e. The van der Waals surface area contributed by atoms with Crippen molar-refractivity contribution in [2.75, 3.05) is 13.2 Å². The van der Waals surface area contributed by atoms with E-state index < -0.39 is 0 Å². The summed E-state index contributed by atoms with van der Waals surface area (Å²) in [5, 5.41) is 10.4. The normalized spacial score (nSPS) is 19.1. The summed E-state index contributed by atoms with van der Waals surface area (Å²) >= 11 is 1.66. The van der Waals surface area contributed by atoms with E-state index in [1.165, 1.54) is 4.70 Å². The van der Waals surface area contributed by atoms with E-state index >= 15 is 0 Å². The Morgan fingerprint density at radius 1 is 1.38 bits per heavy atom. The van der Waals surface area contributed by atoms with E-state index in [0.29, 0.717) is 12.8 Å². The van der Waals surface area contributed by atoms with E-state index in [1.807, 2.05) is 23.1 Å². The summed E-state index contributed by atoms with van der Waals surface area (Å²) in [5.41, 5.74) is 1.01. The van der Waals surface area contributed by atoms with Gasteiger partial charge in [0.2, 0.25) is 5.91 Å². The van der Waals surface area contributed by atoms with Gasteiger partial charge in [-0.15, -0.1) is 11.3 Å². The molecule has 1 saturated heterocycles. The van der Waals surface area contributed by atoms with Crippen molar-refractivity contribution in [1.29, 1.82) is 0 Å². The van der Waals surface area contributed by atoms with Crippen LogP contribution in [0.2, 0.25) is 0 Å². The van der Waals surface area contributed by atoms with Gasteiger partial charge in [0.15, 0.2) is 0 Å². The maximum atomic E-state index is 12.3. The standard InChI is InChI=1S/C16H20N2O2S/c19-11-12-5-3-4-10-18(12)16(20)9-8-15-17-13-6-1-2-7-14(13)21-15/h1-2,6-7,12,19H,3-5,8-11H2. The third-order valence-corrected chi connectivity index (χ3v) is 5.15. The maximum Gasteiger partial charge on any atom is 0.223 e. The molecule has 1 aliphatic heterocycles. The zero-order valence-electron chi connectivity index (χ0n) is 12.0. The average Bonchev–Trinajstić information content (AvgIpc) is 2.95. The number of para-hydroxylation sites is 1. The number of rotatable bonds is 4. The van der Waals surface area contributed by atoms with Gasteiger partial charge in [-0.25, -0.2) is 4.98 Å². The van der Waals surface area contributed by atoms with Crippen molar-refractivity contribution in [2.45, 2.75) is 38.1 Å². The van der Waals surface area contributed by atoms with Gasteiger partial charge in [0.25, 0.3) is 0 Å². The number of hydrogen-bond acceptors (Lipinski definition) is 4. The Morgan fingerprint density at radius 2 is 2.24 bits per heavy atom. The van der Waals surface area contributed by atoms with Crippen molar-refractivity contribution in [3.63, 3.8) is 0 Å². The van der Waals surface area contributed by atoms with Gasteiger partial charge < -0.3 is 10.0 Å². The van der Waals surface area contributed by atoms with Gasteiger partial charge >= 0.3 is 0 Å². The molecule has 0 bridgehead atoms. The van der Waals surface area contributed by atoms with Crippen LogP contribution in [-0.4, -0.2) is 40.1 Å². The molecule has 4 nitrogen and oxygen atoms in total. The minimum absolute atomic E-state index is 0.0154.